The maximum Gasteiger partial charge on any atom is 0.411 e. The van der Waals surface area contributed by atoms with Gasteiger partial charge in [-0.05, 0) is 29.8 Å². The summed E-state index contributed by atoms with van der Waals surface area (Å²) in [6.45, 7) is 2.45. The van der Waals surface area contributed by atoms with E-state index >= 15 is 0 Å². The van der Waals surface area contributed by atoms with Crippen molar-refractivity contribution in [1.29, 1.82) is 0 Å². The first-order chi connectivity index (χ1) is 7.29. The van der Waals surface area contributed by atoms with Crippen molar-refractivity contribution in [3.05, 3.63) is 16.4 Å². The summed E-state index contributed by atoms with van der Waals surface area (Å²) in [5.74, 6) is 0. The Balaban J connectivity index is 2.54. The van der Waals surface area contributed by atoms with Crippen molar-refractivity contribution in [2.45, 2.75) is 32.7 Å². The van der Waals surface area contributed by atoms with Crippen molar-refractivity contribution in [3.8, 4) is 0 Å². The summed E-state index contributed by atoms with van der Waals surface area (Å²) in [5, 5.41) is 4.11. The van der Waals surface area contributed by atoms with E-state index in [1.807, 2.05) is 13.8 Å². The molecule has 0 aliphatic carbocycles. The van der Waals surface area contributed by atoms with E-state index in [-0.39, 0.29) is 12.6 Å². The lowest BCUT2D eigenvalue weighted by molar-refractivity contribution is -0.176. The highest BCUT2D eigenvalue weighted by Gasteiger charge is 2.27. The van der Waals surface area contributed by atoms with Crippen LogP contribution >= 0.6 is 15.9 Å². The van der Waals surface area contributed by atoms with Crippen LogP contribution in [-0.2, 0) is 11.3 Å². The zero-order valence-electron chi connectivity index (χ0n) is 8.88. The summed E-state index contributed by atoms with van der Waals surface area (Å²) in [6, 6.07) is 0.160. The molecule has 0 N–H and O–H groups in total. The largest absolute Gasteiger partial charge is 0.411 e. The summed E-state index contributed by atoms with van der Waals surface area (Å²) in [7, 11) is 0. The molecular weight excluding hydrogens is 289 g/mol. The monoisotopic (exact) mass is 300 g/mol. The fourth-order valence-electron chi connectivity index (χ4n) is 1.03. The first-order valence-electron chi connectivity index (χ1n) is 4.67. The molecule has 0 fully saturated rings. The number of ether oxygens (including phenoxy) is 1. The van der Waals surface area contributed by atoms with Crippen molar-refractivity contribution in [3.63, 3.8) is 0 Å². The second-order valence-electron chi connectivity index (χ2n) is 3.61. The first-order valence-corrected chi connectivity index (χ1v) is 5.47. The molecule has 1 heterocycles. The average molecular weight is 301 g/mol. The van der Waals surface area contributed by atoms with Gasteiger partial charge in [0.25, 0.3) is 0 Å². The molecule has 0 amide bonds. The van der Waals surface area contributed by atoms with Crippen LogP contribution in [0.5, 0.6) is 0 Å². The number of nitrogens with zero attached hydrogens (tertiary/aromatic N) is 2. The summed E-state index contributed by atoms with van der Waals surface area (Å²) in [4.78, 5) is 0. The molecule has 0 saturated heterocycles. The Morgan fingerprint density at radius 2 is 2.12 bits per heavy atom. The standard InChI is InChI=1S/C9H12BrF3N2O/c1-6(2)15-3-7(10)8(14-15)4-16-5-9(11,12)13/h3,6H,4-5H2,1-2H3. The van der Waals surface area contributed by atoms with Crippen molar-refractivity contribution < 1.29 is 17.9 Å². The van der Waals surface area contributed by atoms with E-state index in [9.17, 15) is 13.2 Å². The Hall–Kier alpha value is -0.560. The van der Waals surface area contributed by atoms with E-state index in [4.69, 9.17) is 0 Å². The van der Waals surface area contributed by atoms with Crippen molar-refractivity contribution in [2.75, 3.05) is 6.61 Å². The summed E-state index contributed by atoms with van der Waals surface area (Å²) >= 11 is 3.22. The number of aromatic nitrogens is 2. The second kappa shape index (κ2) is 5.18. The molecule has 0 unspecified atom stereocenters. The van der Waals surface area contributed by atoms with Crippen LogP contribution in [0, 0.1) is 0 Å². The second-order valence-corrected chi connectivity index (χ2v) is 4.46. The Morgan fingerprint density at radius 3 is 2.56 bits per heavy atom. The highest BCUT2D eigenvalue weighted by Crippen LogP contribution is 2.20. The van der Waals surface area contributed by atoms with Gasteiger partial charge in [-0.2, -0.15) is 18.3 Å². The lowest BCUT2D eigenvalue weighted by atomic mass is 10.4. The van der Waals surface area contributed by atoms with Crippen LogP contribution in [0.25, 0.3) is 0 Å². The Kier molecular flexibility index (Phi) is 4.37. The van der Waals surface area contributed by atoms with Gasteiger partial charge in [-0.3, -0.25) is 4.68 Å². The molecule has 1 aromatic heterocycles. The predicted octanol–water partition coefficient (Wildman–Crippen LogP) is 3.31. The van der Waals surface area contributed by atoms with Crippen molar-refractivity contribution in [1.82, 2.24) is 9.78 Å². The number of rotatable bonds is 4. The van der Waals surface area contributed by atoms with Crippen LogP contribution in [0.3, 0.4) is 0 Å². The molecule has 0 aliphatic rings. The minimum absolute atomic E-state index is 0.153. The summed E-state index contributed by atoms with van der Waals surface area (Å²) in [6.07, 6.45) is -2.58. The maximum absolute atomic E-state index is 11.8. The molecule has 16 heavy (non-hydrogen) atoms. The van der Waals surface area contributed by atoms with Gasteiger partial charge in [-0.25, -0.2) is 0 Å². The molecule has 0 radical (unpaired) electrons. The highest BCUT2D eigenvalue weighted by molar-refractivity contribution is 9.10. The van der Waals surface area contributed by atoms with E-state index in [0.717, 1.165) is 0 Å². The van der Waals surface area contributed by atoms with Gasteiger partial charge in [-0.15, -0.1) is 0 Å². The molecule has 7 heteroatoms. The fraction of sp³-hybridized carbons (Fsp3) is 0.667. The zero-order chi connectivity index (χ0) is 12.3. The number of hydrogen-bond acceptors (Lipinski definition) is 2. The minimum Gasteiger partial charge on any atom is -0.366 e. The third-order valence-corrected chi connectivity index (χ3v) is 2.45. The number of hydrogen-bond donors (Lipinski definition) is 0. The zero-order valence-corrected chi connectivity index (χ0v) is 10.5. The van der Waals surface area contributed by atoms with Crippen LogP contribution in [0.15, 0.2) is 10.7 Å². The molecule has 1 aromatic rings. The van der Waals surface area contributed by atoms with E-state index < -0.39 is 12.8 Å². The lowest BCUT2D eigenvalue weighted by Gasteiger charge is -2.06. The molecule has 3 nitrogen and oxygen atoms in total. The maximum atomic E-state index is 11.8. The van der Waals surface area contributed by atoms with Gasteiger partial charge in [0.05, 0.1) is 11.1 Å². The van der Waals surface area contributed by atoms with Crippen LogP contribution in [-0.4, -0.2) is 22.6 Å². The van der Waals surface area contributed by atoms with Gasteiger partial charge < -0.3 is 4.74 Å². The van der Waals surface area contributed by atoms with Gasteiger partial charge in [0.1, 0.15) is 12.3 Å². The van der Waals surface area contributed by atoms with E-state index in [1.54, 1.807) is 10.9 Å². The van der Waals surface area contributed by atoms with Crippen LogP contribution in [0.1, 0.15) is 25.6 Å². The fourth-order valence-corrected chi connectivity index (χ4v) is 1.44. The predicted molar refractivity (Wildman–Crippen MR) is 56.0 cm³/mol. The first kappa shape index (κ1) is 13.5. The summed E-state index contributed by atoms with van der Waals surface area (Å²) in [5.41, 5.74) is 0.470. The SMILES string of the molecule is CC(C)n1cc(Br)c(COCC(F)(F)F)n1. The third kappa shape index (κ3) is 4.13. The van der Waals surface area contributed by atoms with E-state index in [1.165, 1.54) is 0 Å². The highest BCUT2D eigenvalue weighted by atomic mass is 79.9. The van der Waals surface area contributed by atoms with Gasteiger partial charge in [-0.1, -0.05) is 0 Å². The normalized spacial score (nSPS) is 12.4. The van der Waals surface area contributed by atoms with Gasteiger partial charge in [0.15, 0.2) is 0 Å². The van der Waals surface area contributed by atoms with Crippen LogP contribution < -0.4 is 0 Å². The number of alkyl halides is 3. The molecule has 0 saturated carbocycles. The van der Waals surface area contributed by atoms with Crippen molar-refractivity contribution in [2.24, 2.45) is 0 Å². The molecule has 0 bridgehead atoms. The minimum atomic E-state index is -4.30. The lowest BCUT2D eigenvalue weighted by Crippen LogP contribution is -2.17. The Labute approximate surface area is 99.7 Å². The van der Waals surface area contributed by atoms with Gasteiger partial charge in [0, 0.05) is 12.2 Å². The molecule has 0 aliphatic heterocycles. The molecule has 1 rings (SSSR count). The average Bonchev–Trinajstić information content (AvgIpc) is 2.46. The quantitative estimate of drug-likeness (QED) is 0.853. The molecule has 92 valence electrons. The van der Waals surface area contributed by atoms with Crippen molar-refractivity contribution >= 4 is 15.9 Å². The van der Waals surface area contributed by atoms with Crippen LogP contribution in [0.2, 0.25) is 0 Å². The molecular formula is C9H12BrF3N2O. The summed E-state index contributed by atoms with van der Waals surface area (Å²) < 4.78 is 42.3. The topological polar surface area (TPSA) is 27.1 Å². The number of halogens is 4. The molecule has 0 aromatic carbocycles. The van der Waals surface area contributed by atoms with Gasteiger partial charge >= 0.3 is 6.18 Å². The Morgan fingerprint density at radius 1 is 1.50 bits per heavy atom. The smallest absolute Gasteiger partial charge is 0.366 e. The van der Waals surface area contributed by atoms with Gasteiger partial charge in [0.2, 0.25) is 0 Å². The third-order valence-electron chi connectivity index (χ3n) is 1.79. The molecule has 0 spiro atoms. The molecule has 0 atom stereocenters. The van der Waals surface area contributed by atoms with Crippen LogP contribution in [0.4, 0.5) is 13.2 Å². The Bertz CT molecular complexity index is 349. The van der Waals surface area contributed by atoms with E-state index in [2.05, 4.69) is 25.8 Å². The van der Waals surface area contributed by atoms with E-state index in [0.29, 0.717) is 10.2 Å².